The van der Waals surface area contributed by atoms with E-state index in [-0.39, 0.29) is 0 Å². The van der Waals surface area contributed by atoms with Crippen LogP contribution in [0, 0.1) is 0 Å². The van der Waals surface area contributed by atoms with Gasteiger partial charge in [0, 0.05) is 30.7 Å². The summed E-state index contributed by atoms with van der Waals surface area (Å²) in [5, 5.41) is 4.79. The molecule has 3 rings (SSSR count). The van der Waals surface area contributed by atoms with Gasteiger partial charge in [-0.1, -0.05) is 6.07 Å². The molecule has 0 aliphatic heterocycles. The maximum absolute atomic E-state index is 5.36. The van der Waals surface area contributed by atoms with E-state index in [9.17, 15) is 0 Å². The summed E-state index contributed by atoms with van der Waals surface area (Å²) in [7, 11) is 0. The van der Waals surface area contributed by atoms with Gasteiger partial charge in [0.15, 0.2) is 0 Å². The Morgan fingerprint density at radius 2 is 2.21 bits per heavy atom. The highest BCUT2D eigenvalue weighted by molar-refractivity contribution is 5.79. The molecule has 0 radical (unpaired) electrons. The van der Waals surface area contributed by atoms with E-state index < -0.39 is 0 Å². The number of hydrogen-bond donors (Lipinski definition) is 2. The molecule has 0 spiro atoms. The Morgan fingerprint density at radius 3 is 3.05 bits per heavy atom. The number of rotatable bonds is 5. The van der Waals surface area contributed by atoms with E-state index in [1.807, 2.05) is 18.3 Å². The standard InChI is InChI=1S/C16H18N2O/c1-12(9-15-3-2-8-19-15)18-11-13-4-5-16-14(10-13)6-7-17-16/h2-8,10,12,17-18H,9,11H2,1H3. The second-order valence-corrected chi connectivity index (χ2v) is 4.96. The van der Waals surface area contributed by atoms with Crippen molar-refractivity contribution in [3.8, 4) is 0 Å². The Labute approximate surface area is 112 Å². The number of aromatic amines is 1. The van der Waals surface area contributed by atoms with Crippen LogP contribution in [0.15, 0.2) is 53.3 Å². The van der Waals surface area contributed by atoms with Crippen LogP contribution in [0.3, 0.4) is 0 Å². The first-order chi connectivity index (χ1) is 9.31. The first kappa shape index (κ1) is 12.1. The van der Waals surface area contributed by atoms with Crippen molar-refractivity contribution in [3.05, 3.63) is 60.2 Å². The van der Waals surface area contributed by atoms with Crippen molar-refractivity contribution < 1.29 is 4.42 Å². The van der Waals surface area contributed by atoms with E-state index in [2.05, 4.69) is 41.5 Å². The van der Waals surface area contributed by atoms with Crippen molar-refractivity contribution >= 4 is 10.9 Å². The third-order valence-electron chi connectivity index (χ3n) is 3.36. The number of H-pyrrole nitrogens is 1. The predicted molar refractivity (Wildman–Crippen MR) is 77.0 cm³/mol. The van der Waals surface area contributed by atoms with Crippen LogP contribution < -0.4 is 5.32 Å². The van der Waals surface area contributed by atoms with Crippen molar-refractivity contribution in [3.63, 3.8) is 0 Å². The predicted octanol–water partition coefficient (Wildman–Crippen LogP) is 3.48. The highest BCUT2D eigenvalue weighted by Crippen LogP contribution is 2.14. The SMILES string of the molecule is CC(Cc1ccco1)NCc1ccc2[nH]ccc2c1. The molecule has 2 N–H and O–H groups in total. The highest BCUT2D eigenvalue weighted by Gasteiger charge is 2.05. The first-order valence-electron chi connectivity index (χ1n) is 6.63. The van der Waals surface area contributed by atoms with Gasteiger partial charge in [-0.15, -0.1) is 0 Å². The van der Waals surface area contributed by atoms with Crippen LogP contribution in [0.25, 0.3) is 10.9 Å². The zero-order chi connectivity index (χ0) is 13.1. The normalized spacial score (nSPS) is 12.9. The molecule has 1 unspecified atom stereocenters. The lowest BCUT2D eigenvalue weighted by molar-refractivity contribution is 0.456. The Balaban J connectivity index is 1.59. The molecule has 0 bridgehead atoms. The molecule has 0 aliphatic carbocycles. The molecule has 0 amide bonds. The Hall–Kier alpha value is -2.00. The summed E-state index contributed by atoms with van der Waals surface area (Å²) in [4.78, 5) is 3.21. The van der Waals surface area contributed by atoms with Crippen LogP contribution in [0.2, 0.25) is 0 Å². The van der Waals surface area contributed by atoms with E-state index in [0.29, 0.717) is 6.04 Å². The molecular formula is C16H18N2O. The molecule has 3 heteroatoms. The van der Waals surface area contributed by atoms with Gasteiger partial charge in [-0.2, -0.15) is 0 Å². The zero-order valence-corrected chi connectivity index (χ0v) is 11.0. The molecule has 0 saturated carbocycles. The van der Waals surface area contributed by atoms with E-state index in [1.165, 1.54) is 16.5 Å². The van der Waals surface area contributed by atoms with E-state index >= 15 is 0 Å². The number of aromatic nitrogens is 1. The summed E-state index contributed by atoms with van der Waals surface area (Å²) in [6.45, 7) is 3.06. The average molecular weight is 254 g/mol. The molecule has 3 aromatic rings. The lowest BCUT2D eigenvalue weighted by atomic mass is 10.1. The van der Waals surface area contributed by atoms with Crippen molar-refractivity contribution in [1.82, 2.24) is 10.3 Å². The van der Waals surface area contributed by atoms with Gasteiger partial charge in [-0.25, -0.2) is 0 Å². The number of benzene rings is 1. The molecule has 3 nitrogen and oxygen atoms in total. The monoisotopic (exact) mass is 254 g/mol. The zero-order valence-electron chi connectivity index (χ0n) is 11.0. The van der Waals surface area contributed by atoms with Crippen LogP contribution in [0.4, 0.5) is 0 Å². The summed E-state index contributed by atoms with van der Waals surface area (Å²) >= 11 is 0. The molecule has 2 aromatic heterocycles. The van der Waals surface area contributed by atoms with E-state index in [4.69, 9.17) is 4.42 Å². The maximum atomic E-state index is 5.36. The van der Waals surface area contributed by atoms with Gasteiger partial charge >= 0.3 is 0 Å². The van der Waals surface area contributed by atoms with Gasteiger partial charge in [0.2, 0.25) is 0 Å². The lowest BCUT2D eigenvalue weighted by Gasteiger charge is -2.12. The molecule has 19 heavy (non-hydrogen) atoms. The van der Waals surface area contributed by atoms with E-state index in [1.54, 1.807) is 6.26 Å². The average Bonchev–Trinajstić information content (AvgIpc) is 3.06. The van der Waals surface area contributed by atoms with Crippen molar-refractivity contribution in [1.29, 1.82) is 0 Å². The van der Waals surface area contributed by atoms with Crippen LogP contribution in [-0.2, 0) is 13.0 Å². The van der Waals surface area contributed by atoms with Crippen molar-refractivity contribution in [2.75, 3.05) is 0 Å². The van der Waals surface area contributed by atoms with Gasteiger partial charge in [0.05, 0.1) is 6.26 Å². The van der Waals surface area contributed by atoms with Crippen molar-refractivity contribution in [2.24, 2.45) is 0 Å². The molecular weight excluding hydrogens is 236 g/mol. The summed E-state index contributed by atoms with van der Waals surface area (Å²) in [5.41, 5.74) is 2.49. The van der Waals surface area contributed by atoms with Gasteiger partial charge in [-0.05, 0) is 48.2 Å². The summed E-state index contributed by atoms with van der Waals surface area (Å²) < 4.78 is 5.36. The fraction of sp³-hybridized carbons (Fsp3) is 0.250. The minimum atomic E-state index is 0.396. The molecule has 1 aromatic carbocycles. The Bertz CT molecular complexity index is 640. The van der Waals surface area contributed by atoms with Gasteiger partial charge < -0.3 is 14.7 Å². The summed E-state index contributed by atoms with van der Waals surface area (Å²) in [5.74, 6) is 1.03. The largest absolute Gasteiger partial charge is 0.469 e. The van der Waals surface area contributed by atoms with Gasteiger partial charge in [0.25, 0.3) is 0 Å². The minimum Gasteiger partial charge on any atom is -0.469 e. The van der Waals surface area contributed by atoms with Crippen molar-refractivity contribution in [2.45, 2.75) is 25.9 Å². The third-order valence-corrected chi connectivity index (χ3v) is 3.36. The third kappa shape index (κ3) is 2.88. The molecule has 0 fully saturated rings. The summed E-state index contributed by atoms with van der Waals surface area (Å²) in [6.07, 6.45) is 4.61. The maximum Gasteiger partial charge on any atom is 0.105 e. The number of furan rings is 1. The number of hydrogen-bond acceptors (Lipinski definition) is 2. The molecule has 0 aliphatic rings. The highest BCUT2D eigenvalue weighted by atomic mass is 16.3. The van der Waals surface area contributed by atoms with Crippen LogP contribution in [-0.4, -0.2) is 11.0 Å². The first-order valence-corrected chi connectivity index (χ1v) is 6.63. The number of fused-ring (bicyclic) bond motifs is 1. The smallest absolute Gasteiger partial charge is 0.105 e. The number of nitrogens with one attached hydrogen (secondary N) is 2. The van der Waals surface area contributed by atoms with Crippen LogP contribution >= 0.6 is 0 Å². The van der Waals surface area contributed by atoms with Crippen LogP contribution in [0.5, 0.6) is 0 Å². The molecule has 98 valence electrons. The van der Waals surface area contributed by atoms with E-state index in [0.717, 1.165) is 18.7 Å². The lowest BCUT2D eigenvalue weighted by Crippen LogP contribution is -2.27. The summed E-state index contributed by atoms with van der Waals surface area (Å²) in [6, 6.07) is 13.0. The van der Waals surface area contributed by atoms with Crippen LogP contribution in [0.1, 0.15) is 18.2 Å². The molecule has 2 heterocycles. The second-order valence-electron chi connectivity index (χ2n) is 4.96. The second kappa shape index (κ2) is 5.33. The fourth-order valence-corrected chi connectivity index (χ4v) is 2.31. The minimum absolute atomic E-state index is 0.396. The molecule has 1 atom stereocenters. The molecule has 0 saturated heterocycles. The van der Waals surface area contributed by atoms with Gasteiger partial charge in [-0.3, -0.25) is 0 Å². The Morgan fingerprint density at radius 1 is 1.26 bits per heavy atom. The fourth-order valence-electron chi connectivity index (χ4n) is 2.31. The Kier molecular flexibility index (Phi) is 3.38. The van der Waals surface area contributed by atoms with Gasteiger partial charge in [0.1, 0.15) is 5.76 Å². The quantitative estimate of drug-likeness (QED) is 0.732. The topological polar surface area (TPSA) is 41.0 Å².